The van der Waals surface area contributed by atoms with Gasteiger partial charge in [0, 0.05) is 12.0 Å². The lowest BCUT2D eigenvalue weighted by molar-refractivity contribution is -0.0179. The standard InChI is InChI=1S/C23H31NO6/c1-24(2)23(9-10-30-19-8-7-17(25-3)13-18(19)23)15-29-14-16-11-20(26-4)22(28-6)21(12-16)27-5/h7-8,11-13H,9-10,14-15H2,1-6H3. The van der Waals surface area contributed by atoms with E-state index in [1.165, 1.54) is 0 Å². The summed E-state index contributed by atoms with van der Waals surface area (Å²) in [5.74, 6) is 3.46. The van der Waals surface area contributed by atoms with Gasteiger partial charge in [0.2, 0.25) is 5.75 Å². The Morgan fingerprint density at radius 2 is 1.63 bits per heavy atom. The Morgan fingerprint density at radius 1 is 0.933 bits per heavy atom. The van der Waals surface area contributed by atoms with Crippen molar-refractivity contribution in [3.63, 3.8) is 0 Å². The largest absolute Gasteiger partial charge is 0.497 e. The zero-order valence-corrected chi connectivity index (χ0v) is 18.6. The van der Waals surface area contributed by atoms with Gasteiger partial charge in [0.15, 0.2) is 11.5 Å². The lowest BCUT2D eigenvalue weighted by atomic mass is 9.84. The molecule has 0 amide bonds. The molecule has 164 valence electrons. The summed E-state index contributed by atoms with van der Waals surface area (Å²) in [5.41, 5.74) is 1.70. The molecule has 7 nitrogen and oxygen atoms in total. The Balaban J connectivity index is 1.84. The van der Waals surface area contributed by atoms with Gasteiger partial charge < -0.3 is 28.4 Å². The van der Waals surface area contributed by atoms with Gasteiger partial charge in [-0.25, -0.2) is 0 Å². The molecule has 0 aromatic heterocycles. The van der Waals surface area contributed by atoms with Crippen LogP contribution in [0.5, 0.6) is 28.7 Å². The van der Waals surface area contributed by atoms with E-state index in [0.717, 1.165) is 29.0 Å². The van der Waals surface area contributed by atoms with Gasteiger partial charge in [-0.2, -0.15) is 0 Å². The van der Waals surface area contributed by atoms with Crippen LogP contribution in [0.15, 0.2) is 30.3 Å². The number of hydrogen-bond acceptors (Lipinski definition) is 7. The van der Waals surface area contributed by atoms with Crippen molar-refractivity contribution in [2.75, 3.05) is 55.7 Å². The van der Waals surface area contributed by atoms with Crippen LogP contribution in [0.3, 0.4) is 0 Å². The number of nitrogens with zero attached hydrogens (tertiary/aromatic N) is 1. The fraction of sp³-hybridized carbons (Fsp3) is 0.478. The summed E-state index contributed by atoms with van der Waals surface area (Å²) >= 11 is 0. The number of likely N-dealkylation sites (N-methyl/N-ethyl adjacent to an activating group) is 1. The molecule has 1 heterocycles. The van der Waals surface area contributed by atoms with Gasteiger partial charge in [0.05, 0.1) is 53.8 Å². The minimum absolute atomic E-state index is 0.317. The normalized spacial score (nSPS) is 17.8. The van der Waals surface area contributed by atoms with Crippen molar-refractivity contribution in [2.45, 2.75) is 18.6 Å². The molecule has 0 radical (unpaired) electrons. The Hall–Kier alpha value is -2.64. The lowest BCUT2D eigenvalue weighted by Crippen LogP contribution is -2.48. The van der Waals surface area contributed by atoms with Gasteiger partial charge in [-0.3, -0.25) is 4.90 Å². The molecule has 0 aliphatic carbocycles. The molecule has 0 bridgehead atoms. The number of rotatable bonds is 9. The van der Waals surface area contributed by atoms with Gasteiger partial charge in [-0.1, -0.05) is 0 Å². The molecule has 2 aromatic rings. The lowest BCUT2D eigenvalue weighted by Gasteiger charge is -2.43. The number of ether oxygens (including phenoxy) is 6. The van der Waals surface area contributed by atoms with Crippen molar-refractivity contribution in [1.82, 2.24) is 4.90 Å². The maximum absolute atomic E-state index is 6.24. The van der Waals surface area contributed by atoms with Crippen LogP contribution in [0.25, 0.3) is 0 Å². The second-order valence-electron chi connectivity index (χ2n) is 7.41. The summed E-state index contributed by atoms with van der Waals surface area (Å²) in [4.78, 5) is 2.20. The summed E-state index contributed by atoms with van der Waals surface area (Å²) in [6.45, 7) is 1.54. The fourth-order valence-corrected chi connectivity index (χ4v) is 3.89. The van der Waals surface area contributed by atoms with E-state index in [1.54, 1.807) is 28.4 Å². The highest BCUT2D eigenvalue weighted by atomic mass is 16.5. The van der Waals surface area contributed by atoms with E-state index in [4.69, 9.17) is 28.4 Å². The van der Waals surface area contributed by atoms with Crippen molar-refractivity contribution in [2.24, 2.45) is 0 Å². The van der Waals surface area contributed by atoms with E-state index in [-0.39, 0.29) is 5.54 Å². The molecular formula is C23H31NO6. The van der Waals surface area contributed by atoms with Gasteiger partial charge in [-0.05, 0) is 50.0 Å². The monoisotopic (exact) mass is 417 g/mol. The number of methoxy groups -OCH3 is 4. The maximum Gasteiger partial charge on any atom is 0.203 e. The summed E-state index contributed by atoms with van der Waals surface area (Å²) in [6, 6.07) is 9.73. The number of hydrogen-bond donors (Lipinski definition) is 0. The zero-order chi connectivity index (χ0) is 21.7. The van der Waals surface area contributed by atoms with Gasteiger partial charge in [0.25, 0.3) is 0 Å². The summed E-state index contributed by atoms with van der Waals surface area (Å²) in [7, 11) is 10.6. The van der Waals surface area contributed by atoms with Crippen molar-refractivity contribution in [3.05, 3.63) is 41.5 Å². The van der Waals surface area contributed by atoms with Crippen LogP contribution in [0.4, 0.5) is 0 Å². The van der Waals surface area contributed by atoms with Crippen LogP contribution in [0, 0.1) is 0 Å². The fourth-order valence-electron chi connectivity index (χ4n) is 3.89. The molecule has 1 aliphatic rings. The first kappa shape index (κ1) is 22.1. The second-order valence-corrected chi connectivity index (χ2v) is 7.41. The molecule has 2 aromatic carbocycles. The van der Waals surface area contributed by atoms with Crippen LogP contribution < -0.4 is 23.7 Å². The van der Waals surface area contributed by atoms with E-state index in [1.807, 2.05) is 30.3 Å². The Kier molecular flexibility index (Phi) is 6.95. The quantitative estimate of drug-likeness (QED) is 0.619. The molecule has 0 saturated carbocycles. The summed E-state index contributed by atoms with van der Waals surface area (Å²) < 4.78 is 33.9. The SMILES string of the molecule is COc1ccc2c(c1)C(COCc1cc(OC)c(OC)c(OC)c1)(N(C)C)CCO2. The minimum atomic E-state index is -0.317. The first-order valence-corrected chi connectivity index (χ1v) is 9.84. The predicted molar refractivity (Wildman–Crippen MR) is 114 cm³/mol. The highest BCUT2D eigenvalue weighted by Crippen LogP contribution is 2.43. The third-order valence-corrected chi connectivity index (χ3v) is 5.65. The van der Waals surface area contributed by atoms with E-state index in [2.05, 4.69) is 19.0 Å². The van der Waals surface area contributed by atoms with Crippen LogP contribution in [0.2, 0.25) is 0 Å². The van der Waals surface area contributed by atoms with E-state index < -0.39 is 0 Å². The molecule has 0 fully saturated rings. The Labute approximate surface area is 178 Å². The van der Waals surface area contributed by atoms with Crippen LogP contribution in [0.1, 0.15) is 17.5 Å². The molecule has 0 saturated heterocycles. The van der Waals surface area contributed by atoms with Crippen LogP contribution in [-0.4, -0.2) is 60.6 Å². The Morgan fingerprint density at radius 3 is 2.20 bits per heavy atom. The molecule has 1 atom stereocenters. The maximum atomic E-state index is 6.24. The molecule has 3 rings (SSSR count). The highest BCUT2D eigenvalue weighted by Gasteiger charge is 2.40. The van der Waals surface area contributed by atoms with E-state index in [0.29, 0.717) is 37.1 Å². The molecule has 0 N–H and O–H groups in total. The smallest absolute Gasteiger partial charge is 0.203 e. The average molecular weight is 418 g/mol. The third kappa shape index (κ3) is 4.13. The van der Waals surface area contributed by atoms with Crippen molar-refractivity contribution in [1.29, 1.82) is 0 Å². The second kappa shape index (κ2) is 9.45. The number of fused-ring (bicyclic) bond motifs is 1. The van der Waals surface area contributed by atoms with Gasteiger partial charge in [-0.15, -0.1) is 0 Å². The van der Waals surface area contributed by atoms with Gasteiger partial charge in [0.1, 0.15) is 11.5 Å². The molecular weight excluding hydrogens is 386 g/mol. The first-order chi connectivity index (χ1) is 14.5. The van der Waals surface area contributed by atoms with E-state index in [9.17, 15) is 0 Å². The molecule has 0 spiro atoms. The summed E-state index contributed by atoms with van der Waals surface area (Å²) in [5, 5.41) is 0. The average Bonchev–Trinajstić information content (AvgIpc) is 2.77. The molecule has 7 heteroatoms. The van der Waals surface area contributed by atoms with Crippen LogP contribution in [-0.2, 0) is 16.9 Å². The van der Waals surface area contributed by atoms with Crippen molar-refractivity contribution < 1.29 is 28.4 Å². The predicted octanol–water partition coefficient (Wildman–Crippen LogP) is 3.48. The van der Waals surface area contributed by atoms with Gasteiger partial charge >= 0.3 is 0 Å². The number of benzene rings is 2. The zero-order valence-electron chi connectivity index (χ0n) is 18.6. The Bertz CT molecular complexity index is 844. The summed E-state index contributed by atoms with van der Waals surface area (Å²) in [6.07, 6.45) is 0.815. The topological polar surface area (TPSA) is 58.6 Å². The van der Waals surface area contributed by atoms with Crippen molar-refractivity contribution in [3.8, 4) is 28.7 Å². The molecule has 1 unspecified atom stereocenters. The van der Waals surface area contributed by atoms with Crippen LogP contribution >= 0.6 is 0 Å². The highest BCUT2D eigenvalue weighted by molar-refractivity contribution is 5.53. The molecule has 30 heavy (non-hydrogen) atoms. The van der Waals surface area contributed by atoms with Crippen molar-refractivity contribution >= 4 is 0 Å². The minimum Gasteiger partial charge on any atom is -0.497 e. The first-order valence-electron chi connectivity index (χ1n) is 9.84. The molecule has 1 aliphatic heterocycles. The van der Waals surface area contributed by atoms with E-state index >= 15 is 0 Å². The third-order valence-electron chi connectivity index (χ3n) is 5.65.